The maximum atomic E-state index is 6.54. The summed E-state index contributed by atoms with van der Waals surface area (Å²) in [6.07, 6.45) is 6.78. The van der Waals surface area contributed by atoms with Crippen LogP contribution in [0.4, 0.5) is 0 Å². The van der Waals surface area contributed by atoms with E-state index >= 15 is 0 Å². The number of hydrogen-bond donors (Lipinski definition) is 1. The zero-order valence-corrected chi connectivity index (χ0v) is 13.0. The highest BCUT2D eigenvalue weighted by Gasteiger charge is 2.35. The normalized spacial score (nSPS) is 28.2. The second-order valence-electron chi connectivity index (χ2n) is 6.10. The van der Waals surface area contributed by atoms with Gasteiger partial charge in [0.25, 0.3) is 0 Å². The molecule has 3 rings (SSSR count). The number of hydrogen-bond acceptors (Lipinski definition) is 6. The van der Waals surface area contributed by atoms with Gasteiger partial charge in [0.05, 0.1) is 11.6 Å². The zero-order valence-electron chi connectivity index (χ0n) is 12.2. The lowest BCUT2D eigenvalue weighted by atomic mass is 9.91. The van der Waals surface area contributed by atoms with E-state index in [1.807, 2.05) is 11.8 Å². The van der Waals surface area contributed by atoms with Gasteiger partial charge >= 0.3 is 0 Å². The van der Waals surface area contributed by atoms with Crippen LogP contribution in [0.1, 0.15) is 56.3 Å². The Hall–Kier alpha value is -0.590. The number of nitrogens with zero attached hydrogens (tertiary/aromatic N) is 3. The highest BCUT2D eigenvalue weighted by atomic mass is 32.2. The molecule has 2 aliphatic rings. The Kier molecular flexibility index (Phi) is 4.33. The van der Waals surface area contributed by atoms with E-state index in [9.17, 15) is 0 Å². The van der Waals surface area contributed by atoms with Crippen LogP contribution >= 0.6 is 11.8 Å². The lowest BCUT2D eigenvalue weighted by Gasteiger charge is -2.29. The van der Waals surface area contributed by atoms with E-state index < -0.39 is 5.54 Å². The number of thioether (sulfide) groups is 1. The predicted octanol–water partition coefficient (Wildman–Crippen LogP) is 2.30. The van der Waals surface area contributed by atoms with Crippen molar-refractivity contribution in [3.05, 3.63) is 11.7 Å². The molecule has 5 nitrogen and oxygen atoms in total. The third-order valence-corrected chi connectivity index (χ3v) is 5.58. The summed E-state index contributed by atoms with van der Waals surface area (Å²) in [6.45, 7) is 1.08. The van der Waals surface area contributed by atoms with Crippen molar-refractivity contribution in [1.29, 1.82) is 0 Å². The minimum atomic E-state index is -0.401. The minimum Gasteiger partial charge on any atom is -0.337 e. The smallest absolute Gasteiger partial charge is 0.246 e. The standard InChI is InChI=1S/C14H24N4OS/c1-18-8-9-20-10-11(18)12-16-13(19-17-12)14(15)6-4-2-3-5-7-14/h11H,2-10,15H2,1H3. The molecule has 1 saturated heterocycles. The van der Waals surface area contributed by atoms with E-state index in [0.29, 0.717) is 5.89 Å². The molecule has 0 spiro atoms. The van der Waals surface area contributed by atoms with Crippen LogP contribution in [-0.4, -0.2) is 40.1 Å². The van der Waals surface area contributed by atoms with Gasteiger partial charge in [-0.05, 0) is 19.9 Å². The van der Waals surface area contributed by atoms with Gasteiger partial charge in [-0.25, -0.2) is 0 Å². The molecule has 1 aliphatic carbocycles. The Labute approximate surface area is 124 Å². The third-order valence-electron chi connectivity index (χ3n) is 4.56. The molecular weight excluding hydrogens is 272 g/mol. The van der Waals surface area contributed by atoms with Gasteiger partial charge < -0.3 is 10.3 Å². The van der Waals surface area contributed by atoms with E-state index in [1.54, 1.807) is 0 Å². The summed E-state index contributed by atoms with van der Waals surface area (Å²) in [5.74, 6) is 3.67. The van der Waals surface area contributed by atoms with E-state index in [1.165, 1.54) is 18.6 Å². The van der Waals surface area contributed by atoms with Crippen LogP contribution in [0.5, 0.6) is 0 Å². The van der Waals surface area contributed by atoms with Crippen LogP contribution in [0.15, 0.2) is 4.52 Å². The van der Waals surface area contributed by atoms with Crippen LogP contribution in [0.3, 0.4) is 0 Å². The number of rotatable bonds is 2. The third kappa shape index (κ3) is 2.87. The van der Waals surface area contributed by atoms with Crippen LogP contribution < -0.4 is 5.73 Å². The minimum absolute atomic E-state index is 0.264. The van der Waals surface area contributed by atoms with Crippen molar-refractivity contribution in [3.8, 4) is 0 Å². The molecular formula is C14H24N4OS. The van der Waals surface area contributed by atoms with Gasteiger partial charge in [0.15, 0.2) is 5.82 Å². The van der Waals surface area contributed by atoms with Crippen LogP contribution in [0.2, 0.25) is 0 Å². The molecule has 0 radical (unpaired) electrons. The van der Waals surface area contributed by atoms with E-state index in [4.69, 9.17) is 10.3 Å². The monoisotopic (exact) mass is 296 g/mol. The molecule has 0 aromatic carbocycles. The summed E-state index contributed by atoms with van der Waals surface area (Å²) in [5.41, 5.74) is 6.14. The molecule has 1 atom stereocenters. The van der Waals surface area contributed by atoms with Gasteiger partial charge in [-0.15, -0.1) is 0 Å². The molecule has 1 saturated carbocycles. The molecule has 0 amide bonds. The van der Waals surface area contributed by atoms with Gasteiger partial charge in [-0.1, -0.05) is 30.8 Å². The van der Waals surface area contributed by atoms with Crippen LogP contribution in [-0.2, 0) is 5.54 Å². The number of aromatic nitrogens is 2. The quantitative estimate of drug-likeness (QED) is 0.845. The zero-order chi connectivity index (χ0) is 14.0. The topological polar surface area (TPSA) is 68.2 Å². The molecule has 112 valence electrons. The largest absolute Gasteiger partial charge is 0.337 e. The van der Waals surface area contributed by atoms with Gasteiger partial charge in [-0.3, -0.25) is 4.90 Å². The predicted molar refractivity (Wildman–Crippen MR) is 80.6 cm³/mol. The average Bonchev–Trinajstić information content (AvgIpc) is 2.84. The Morgan fingerprint density at radius 3 is 2.75 bits per heavy atom. The van der Waals surface area contributed by atoms with Gasteiger partial charge in [0.1, 0.15) is 0 Å². The van der Waals surface area contributed by atoms with E-state index in [0.717, 1.165) is 43.8 Å². The Bertz CT molecular complexity index is 442. The van der Waals surface area contributed by atoms with Crippen molar-refractivity contribution in [2.75, 3.05) is 25.1 Å². The molecule has 20 heavy (non-hydrogen) atoms. The molecule has 1 aromatic heterocycles. The molecule has 6 heteroatoms. The summed E-state index contributed by atoms with van der Waals surface area (Å²) in [5, 5.41) is 4.22. The second kappa shape index (κ2) is 6.03. The Morgan fingerprint density at radius 1 is 1.30 bits per heavy atom. The Balaban J connectivity index is 1.78. The molecule has 2 heterocycles. The lowest BCUT2D eigenvalue weighted by Crippen LogP contribution is -2.37. The molecule has 1 aromatic rings. The van der Waals surface area contributed by atoms with Gasteiger partial charge in [-0.2, -0.15) is 16.7 Å². The first-order valence-corrected chi connectivity index (χ1v) is 8.75. The first-order chi connectivity index (χ1) is 9.69. The van der Waals surface area contributed by atoms with Crippen molar-refractivity contribution >= 4 is 11.8 Å². The van der Waals surface area contributed by atoms with Crippen molar-refractivity contribution in [2.24, 2.45) is 5.73 Å². The van der Waals surface area contributed by atoms with Crippen molar-refractivity contribution in [2.45, 2.75) is 50.1 Å². The molecule has 1 unspecified atom stereocenters. The van der Waals surface area contributed by atoms with Crippen molar-refractivity contribution < 1.29 is 4.52 Å². The summed E-state index contributed by atoms with van der Waals surface area (Å²) in [4.78, 5) is 6.97. The summed E-state index contributed by atoms with van der Waals surface area (Å²) in [7, 11) is 2.13. The summed E-state index contributed by atoms with van der Waals surface area (Å²) < 4.78 is 5.54. The van der Waals surface area contributed by atoms with Crippen LogP contribution in [0, 0.1) is 0 Å². The fraction of sp³-hybridized carbons (Fsp3) is 0.857. The summed E-state index contributed by atoms with van der Waals surface area (Å²) in [6, 6.07) is 0.264. The molecule has 0 bridgehead atoms. The summed E-state index contributed by atoms with van der Waals surface area (Å²) >= 11 is 1.95. The second-order valence-corrected chi connectivity index (χ2v) is 7.25. The van der Waals surface area contributed by atoms with E-state index in [2.05, 4.69) is 22.1 Å². The Morgan fingerprint density at radius 2 is 2.05 bits per heavy atom. The lowest BCUT2D eigenvalue weighted by molar-refractivity contribution is 0.244. The highest BCUT2D eigenvalue weighted by molar-refractivity contribution is 7.99. The van der Waals surface area contributed by atoms with Crippen molar-refractivity contribution in [3.63, 3.8) is 0 Å². The fourth-order valence-corrected chi connectivity index (χ4v) is 4.31. The fourth-order valence-electron chi connectivity index (χ4n) is 3.10. The molecule has 1 aliphatic heterocycles. The number of nitrogens with two attached hydrogens (primary N) is 1. The first kappa shape index (κ1) is 14.4. The first-order valence-electron chi connectivity index (χ1n) is 7.60. The SMILES string of the molecule is CN1CCSCC1c1noc(C2(N)CCCCCC2)n1. The van der Waals surface area contributed by atoms with Gasteiger partial charge in [0.2, 0.25) is 5.89 Å². The average molecular weight is 296 g/mol. The maximum absolute atomic E-state index is 6.54. The van der Waals surface area contributed by atoms with E-state index in [-0.39, 0.29) is 6.04 Å². The maximum Gasteiger partial charge on any atom is 0.246 e. The highest BCUT2D eigenvalue weighted by Crippen LogP contribution is 2.34. The molecule has 2 fully saturated rings. The molecule has 2 N–H and O–H groups in total. The van der Waals surface area contributed by atoms with Gasteiger partial charge in [0, 0.05) is 18.1 Å². The van der Waals surface area contributed by atoms with Crippen molar-refractivity contribution in [1.82, 2.24) is 15.0 Å². The van der Waals surface area contributed by atoms with Crippen LogP contribution in [0.25, 0.3) is 0 Å².